The van der Waals surface area contributed by atoms with Gasteiger partial charge in [0.1, 0.15) is 0 Å². The molecule has 3 aliphatic rings. The van der Waals surface area contributed by atoms with E-state index in [0.717, 1.165) is 48.4 Å². The van der Waals surface area contributed by atoms with Gasteiger partial charge in [-0.25, -0.2) is 0 Å². The molecule has 0 bridgehead atoms. The SMILES string of the molecule is O=C1CC(C(=O)NCC2(c3ccc4c(c3)OCO4)CCCCC2)c2ccccc2N1. The van der Waals surface area contributed by atoms with E-state index in [4.69, 9.17) is 9.47 Å². The second-order valence-corrected chi connectivity index (χ2v) is 8.52. The molecule has 0 spiro atoms. The first-order valence-electron chi connectivity index (χ1n) is 10.7. The molecule has 2 N–H and O–H groups in total. The number of carbonyl (C=O) groups excluding carboxylic acids is 2. The highest BCUT2D eigenvalue weighted by Gasteiger charge is 2.37. The minimum atomic E-state index is -0.452. The van der Waals surface area contributed by atoms with Gasteiger partial charge in [0, 0.05) is 24.1 Å². The Morgan fingerprint density at radius 1 is 1.07 bits per heavy atom. The summed E-state index contributed by atoms with van der Waals surface area (Å²) in [5.74, 6) is 0.910. The lowest BCUT2D eigenvalue weighted by Crippen LogP contribution is -2.44. The average Bonchev–Trinajstić information content (AvgIpc) is 3.25. The van der Waals surface area contributed by atoms with Crippen LogP contribution in [-0.4, -0.2) is 25.2 Å². The molecule has 156 valence electrons. The summed E-state index contributed by atoms with van der Waals surface area (Å²) in [5.41, 5.74) is 2.69. The van der Waals surface area contributed by atoms with E-state index < -0.39 is 5.92 Å². The Morgan fingerprint density at radius 3 is 2.73 bits per heavy atom. The van der Waals surface area contributed by atoms with Gasteiger partial charge in [0.05, 0.1) is 5.92 Å². The average molecular weight is 406 g/mol. The molecule has 2 aromatic carbocycles. The van der Waals surface area contributed by atoms with Crippen molar-refractivity contribution in [3.05, 3.63) is 53.6 Å². The van der Waals surface area contributed by atoms with Crippen molar-refractivity contribution in [3.8, 4) is 11.5 Å². The Morgan fingerprint density at radius 2 is 1.87 bits per heavy atom. The lowest BCUT2D eigenvalue weighted by molar-refractivity contribution is -0.126. The first-order chi connectivity index (χ1) is 14.6. The number of rotatable bonds is 4. The Balaban J connectivity index is 1.38. The Labute approximate surface area is 176 Å². The summed E-state index contributed by atoms with van der Waals surface area (Å²) < 4.78 is 11.1. The molecule has 1 fully saturated rings. The summed E-state index contributed by atoms with van der Waals surface area (Å²) in [6.45, 7) is 0.817. The van der Waals surface area contributed by atoms with Crippen LogP contribution in [0.1, 0.15) is 55.6 Å². The molecule has 30 heavy (non-hydrogen) atoms. The second kappa shape index (κ2) is 7.67. The highest BCUT2D eigenvalue weighted by atomic mass is 16.7. The molecule has 2 aliphatic heterocycles. The van der Waals surface area contributed by atoms with E-state index in [0.29, 0.717) is 6.54 Å². The maximum atomic E-state index is 13.2. The number of anilines is 1. The number of para-hydroxylation sites is 1. The molecule has 1 unspecified atom stereocenters. The van der Waals surface area contributed by atoms with Gasteiger partial charge in [0.15, 0.2) is 11.5 Å². The third kappa shape index (κ3) is 3.40. The number of benzene rings is 2. The first kappa shape index (κ1) is 19.0. The molecule has 2 amide bonds. The summed E-state index contributed by atoms with van der Waals surface area (Å²) in [6, 6.07) is 13.7. The molecule has 1 aliphatic carbocycles. The Hall–Kier alpha value is -3.02. The minimum absolute atomic E-state index is 0.0806. The summed E-state index contributed by atoms with van der Waals surface area (Å²) in [7, 11) is 0. The van der Waals surface area contributed by atoms with Crippen LogP contribution in [-0.2, 0) is 15.0 Å². The normalized spacial score (nSPS) is 21.5. The number of amides is 2. The molecule has 1 saturated carbocycles. The highest BCUT2D eigenvalue weighted by Crippen LogP contribution is 2.43. The van der Waals surface area contributed by atoms with Gasteiger partial charge in [-0.05, 0) is 42.2 Å². The van der Waals surface area contributed by atoms with Crippen LogP contribution < -0.4 is 20.1 Å². The molecule has 1 atom stereocenters. The smallest absolute Gasteiger partial charge is 0.231 e. The largest absolute Gasteiger partial charge is 0.454 e. The first-order valence-corrected chi connectivity index (χ1v) is 10.7. The van der Waals surface area contributed by atoms with Crippen molar-refractivity contribution >= 4 is 17.5 Å². The summed E-state index contributed by atoms with van der Waals surface area (Å²) in [5, 5.41) is 6.06. The molecular formula is C24H26N2O4. The van der Waals surface area contributed by atoms with Crippen molar-refractivity contribution in [1.29, 1.82) is 0 Å². The van der Waals surface area contributed by atoms with Gasteiger partial charge >= 0.3 is 0 Å². The van der Waals surface area contributed by atoms with Gasteiger partial charge in [-0.2, -0.15) is 0 Å². The highest BCUT2D eigenvalue weighted by molar-refractivity contribution is 6.01. The Bertz CT molecular complexity index is 981. The maximum Gasteiger partial charge on any atom is 0.231 e. The number of ether oxygens (including phenoxy) is 2. The molecule has 2 heterocycles. The molecule has 0 aromatic heterocycles. The molecule has 6 heteroatoms. The monoisotopic (exact) mass is 406 g/mol. The minimum Gasteiger partial charge on any atom is -0.454 e. The third-order valence-electron chi connectivity index (χ3n) is 6.71. The summed E-state index contributed by atoms with van der Waals surface area (Å²) in [4.78, 5) is 25.3. The van der Waals surface area contributed by atoms with E-state index in [1.165, 1.54) is 12.0 Å². The zero-order chi connectivity index (χ0) is 20.6. The van der Waals surface area contributed by atoms with Crippen molar-refractivity contribution < 1.29 is 19.1 Å². The van der Waals surface area contributed by atoms with E-state index in [-0.39, 0.29) is 30.4 Å². The quantitative estimate of drug-likeness (QED) is 0.808. The van der Waals surface area contributed by atoms with Crippen molar-refractivity contribution in [1.82, 2.24) is 5.32 Å². The molecule has 0 radical (unpaired) electrons. The van der Waals surface area contributed by atoms with Crippen molar-refractivity contribution in [2.75, 3.05) is 18.7 Å². The standard InChI is InChI=1S/C24H26N2O4/c27-22-13-18(17-6-2-3-7-19(17)26-22)23(28)25-14-24(10-4-1-5-11-24)16-8-9-20-21(12-16)30-15-29-20/h2-3,6-9,12,18H,1,4-5,10-11,13-15H2,(H,25,28)(H,26,27). The van der Waals surface area contributed by atoms with Crippen LogP contribution in [0.2, 0.25) is 0 Å². The van der Waals surface area contributed by atoms with E-state index in [2.05, 4.69) is 22.8 Å². The fraction of sp³-hybridized carbons (Fsp3) is 0.417. The van der Waals surface area contributed by atoms with Crippen LogP contribution in [0, 0.1) is 0 Å². The van der Waals surface area contributed by atoms with Crippen LogP contribution in [0.4, 0.5) is 5.69 Å². The molecule has 0 saturated heterocycles. The molecule has 2 aromatic rings. The van der Waals surface area contributed by atoms with Gasteiger partial charge in [-0.3, -0.25) is 9.59 Å². The van der Waals surface area contributed by atoms with E-state index in [1.807, 2.05) is 30.3 Å². The van der Waals surface area contributed by atoms with Crippen LogP contribution >= 0.6 is 0 Å². The predicted molar refractivity (Wildman–Crippen MR) is 113 cm³/mol. The second-order valence-electron chi connectivity index (χ2n) is 8.52. The van der Waals surface area contributed by atoms with Gasteiger partial charge in [-0.15, -0.1) is 0 Å². The Kier molecular flexibility index (Phi) is 4.85. The number of carbonyl (C=O) groups is 2. The van der Waals surface area contributed by atoms with Crippen molar-refractivity contribution in [2.24, 2.45) is 0 Å². The molecule has 6 nitrogen and oxygen atoms in total. The third-order valence-corrected chi connectivity index (χ3v) is 6.71. The van der Waals surface area contributed by atoms with Crippen molar-refractivity contribution in [3.63, 3.8) is 0 Å². The number of hydrogen-bond donors (Lipinski definition) is 2. The van der Waals surface area contributed by atoms with Crippen LogP contribution in [0.3, 0.4) is 0 Å². The zero-order valence-electron chi connectivity index (χ0n) is 16.9. The maximum absolute atomic E-state index is 13.2. The number of fused-ring (bicyclic) bond motifs is 2. The van der Waals surface area contributed by atoms with Gasteiger partial charge in [0.25, 0.3) is 0 Å². The lowest BCUT2D eigenvalue weighted by Gasteiger charge is -2.38. The molecule has 5 rings (SSSR count). The van der Waals surface area contributed by atoms with Crippen LogP contribution in [0.25, 0.3) is 0 Å². The fourth-order valence-electron chi connectivity index (χ4n) is 5.05. The zero-order valence-corrected chi connectivity index (χ0v) is 16.9. The molecular weight excluding hydrogens is 380 g/mol. The van der Waals surface area contributed by atoms with Crippen molar-refractivity contribution in [2.45, 2.75) is 49.9 Å². The van der Waals surface area contributed by atoms with Gasteiger partial charge in [0.2, 0.25) is 18.6 Å². The lowest BCUT2D eigenvalue weighted by atomic mass is 9.69. The topological polar surface area (TPSA) is 76.7 Å². The predicted octanol–water partition coefficient (Wildman–Crippen LogP) is 3.86. The van der Waals surface area contributed by atoms with Gasteiger partial charge in [-0.1, -0.05) is 43.5 Å². The van der Waals surface area contributed by atoms with E-state index in [9.17, 15) is 9.59 Å². The van der Waals surface area contributed by atoms with Gasteiger partial charge < -0.3 is 20.1 Å². The van der Waals surface area contributed by atoms with E-state index in [1.54, 1.807) is 0 Å². The number of nitrogens with one attached hydrogen (secondary N) is 2. The fourth-order valence-corrected chi connectivity index (χ4v) is 5.05. The number of hydrogen-bond acceptors (Lipinski definition) is 4. The van der Waals surface area contributed by atoms with Crippen LogP contribution in [0.5, 0.6) is 11.5 Å². The summed E-state index contributed by atoms with van der Waals surface area (Å²) in [6.07, 6.45) is 5.72. The summed E-state index contributed by atoms with van der Waals surface area (Å²) >= 11 is 0. The van der Waals surface area contributed by atoms with Crippen LogP contribution in [0.15, 0.2) is 42.5 Å². The van der Waals surface area contributed by atoms with E-state index >= 15 is 0 Å².